The van der Waals surface area contributed by atoms with Gasteiger partial charge in [0, 0.05) is 28.4 Å². The summed E-state index contributed by atoms with van der Waals surface area (Å²) in [5.41, 5.74) is 4.54. The third-order valence-corrected chi connectivity index (χ3v) is 5.91. The maximum Gasteiger partial charge on any atom is 0.180 e. The average molecular weight is 477 g/mol. The number of benzene rings is 2. The normalized spacial score (nSPS) is 11.1. The van der Waals surface area contributed by atoms with Gasteiger partial charge in [0.25, 0.3) is 0 Å². The van der Waals surface area contributed by atoms with E-state index in [2.05, 4.69) is 15.6 Å². The Morgan fingerprint density at radius 1 is 0.970 bits per heavy atom. The number of imidazole rings is 1. The van der Waals surface area contributed by atoms with Crippen molar-refractivity contribution in [3.05, 3.63) is 112 Å². The van der Waals surface area contributed by atoms with Crippen LogP contribution in [0.3, 0.4) is 0 Å². The third-order valence-electron chi connectivity index (χ3n) is 5.30. The Morgan fingerprint density at radius 2 is 1.82 bits per heavy atom. The number of hydrogen-bond acceptors (Lipinski definition) is 4. The Hall–Kier alpha value is -3.61. The molecule has 6 nitrogen and oxygen atoms in total. The largest absolute Gasteiger partial charge is 0.619 e. The second kappa shape index (κ2) is 9.10. The Kier molecular flexibility index (Phi) is 5.86. The van der Waals surface area contributed by atoms with Crippen LogP contribution in [0.25, 0.3) is 22.2 Å². The van der Waals surface area contributed by atoms with Gasteiger partial charge in [-0.25, -0.2) is 4.98 Å². The molecule has 0 aliphatic carbocycles. The molecule has 0 N–H and O–H groups in total. The molecule has 2 aromatic carbocycles. The lowest BCUT2D eigenvalue weighted by atomic mass is 10.1. The Labute approximate surface area is 200 Å². The number of fused-ring (bicyclic) bond motifs is 1. The summed E-state index contributed by atoms with van der Waals surface area (Å²) < 4.78 is 8.78. The lowest BCUT2D eigenvalue weighted by Gasteiger charge is -2.12. The molecule has 0 aliphatic heterocycles. The van der Waals surface area contributed by atoms with E-state index in [1.165, 1.54) is 12.4 Å². The smallest absolute Gasteiger partial charge is 0.180 e. The number of aromatic nitrogens is 4. The highest BCUT2D eigenvalue weighted by Crippen LogP contribution is 2.28. The van der Waals surface area contributed by atoms with Crippen molar-refractivity contribution in [2.75, 3.05) is 0 Å². The van der Waals surface area contributed by atoms with Crippen LogP contribution < -0.4 is 9.47 Å². The minimum Gasteiger partial charge on any atom is -0.619 e. The van der Waals surface area contributed by atoms with Gasteiger partial charge in [0.1, 0.15) is 18.2 Å². The molecule has 0 fully saturated rings. The number of nitrogens with zero attached hydrogens (tertiary/aromatic N) is 4. The lowest BCUT2D eigenvalue weighted by molar-refractivity contribution is -0.605. The SMILES string of the molecule is [O-][n+]1ccc(-c2ccc3nc(COc4cccnc4)n(Cc4cc(Cl)ccc4Cl)c3c2)cc1. The molecule has 33 heavy (non-hydrogen) atoms. The highest BCUT2D eigenvalue weighted by molar-refractivity contribution is 6.33. The first kappa shape index (κ1) is 21.2. The van der Waals surface area contributed by atoms with Crippen LogP contribution >= 0.6 is 23.2 Å². The highest BCUT2D eigenvalue weighted by Gasteiger charge is 2.15. The van der Waals surface area contributed by atoms with Crippen molar-refractivity contribution in [2.45, 2.75) is 13.2 Å². The van der Waals surface area contributed by atoms with Gasteiger partial charge in [0.2, 0.25) is 0 Å². The Bertz CT molecular complexity index is 1420. The molecule has 0 unspecified atom stereocenters. The van der Waals surface area contributed by atoms with E-state index in [1.807, 2.05) is 30.3 Å². The van der Waals surface area contributed by atoms with Crippen LogP contribution in [-0.2, 0) is 13.2 Å². The van der Waals surface area contributed by atoms with Crippen LogP contribution in [0.1, 0.15) is 11.4 Å². The van der Waals surface area contributed by atoms with Gasteiger partial charge >= 0.3 is 0 Å². The molecule has 0 aliphatic rings. The minimum atomic E-state index is 0.259. The summed E-state index contributed by atoms with van der Waals surface area (Å²) in [4.78, 5) is 8.91. The molecular weight excluding hydrogens is 459 g/mol. The van der Waals surface area contributed by atoms with E-state index in [0.29, 0.717) is 22.3 Å². The van der Waals surface area contributed by atoms with Crippen LogP contribution in [0.4, 0.5) is 0 Å². The van der Waals surface area contributed by atoms with Gasteiger partial charge in [0.05, 0.1) is 23.8 Å². The zero-order valence-electron chi connectivity index (χ0n) is 17.4. The van der Waals surface area contributed by atoms with Gasteiger partial charge in [-0.05, 0) is 59.2 Å². The van der Waals surface area contributed by atoms with E-state index >= 15 is 0 Å². The Morgan fingerprint density at radius 3 is 2.61 bits per heavy atom. The fraction of sp³-hybridized carbons (Fsp3) is 0.0800. The molecule has 0 amide bonds. The summed E-state index contributed by atoms with van der Waals surface area (Å²) >= 11 is 12.7. The van der Waals surface area contributed by atoms with Gasteiger partial charge in [-0.15, -0.1) is 0 Å². The molecule has 3 heterocycles. The molecule has 0 saturated carbocycles. The molecule has 0 atom stereocenters. The number of hydrogen-bond donors (Lipinski definition) is 0. The molecule has 8 heteroatoms. The number of rotatable bonds is 6. The molecule has 164 valence electrons. The number of ether oxygens (including phenoxy) is 1. The maximum atomic E-state index is 11.4. The van der Waals surface area contributed by atoms with E-state index < -0.39 is 0 Å². The monoisotopic (exact) mass is 476 g/mol. The summed E-state index contributed by atoms with van der Waals surface area (Å²) in [7, 11) is 0. The van der Waals surface area contributed by atoms with Crippen molar-refractivity contribution in [1.29, 1.82) is 0 Å². The second-order valence-corrected chi connectivity index (χ2v) is 8.32. The number of pyridine rings is 2. The van der Waals surface area contributed by atoms with Crippen molar-refractivity contribution in [2.24, 2.45) is 0 Å². The summed E-state index contributed by atoms with van der Waals surface area (Å²) in [6, 6.07) is 18.7. The van der Waals surface area contributed by atoms with Crippen LogP contribution in [0, 0.1) is 5.21 Å². The van der Waals surface area contributed by atoms with E-state index in [9.17, 15) is 5.21 Å². The molecule has 0 spiro atoms. The lowest BCUT2D eigenvalue weighted by Crippen LogP contribution is -2.23. The Balaban J connectivity index is 1.58. The van der Waals surface area contributed by atoms with Crippen molar-refractivity contribution >= 4 is 34.2 Å². The van der Waals surface area contributed by atoms with Crippen LogP contribution in [0.2, 0.25) is 10.0 Å². The highest BCUT2D eigenvalue weighted by atomic mass is 35.5. The molecule has 0 saturated heterocycles. The van der Waals surface area contributed by atoms with Gasteiger partial charge in [-0.3, -0.25) is 4.98 Å². The van der Waals surface area contributed by atoms with Crippen molar-refractivity contribution in [1.82, 2.24) is 14.5 Å². The van der Waals surface area contributed by atoms with Crippen LogP contribution in [-0.4, -0.2) is 14.5 Å². The van der Waals surface area contributed by atoms with Gasteiger partial charge in [-0.1, -0.05) is 29.3 Å². The molecule has 5 rings (SSSR count). The molecule has 0 radical (unpaired) electrons. The summed E-state index contributed by atoms with van der Waals surface area (Å²) in [6.07, 6.45) is 6.32. The summed E-state index contributed by atoms with van der Waals surface area (Å²) in [5.74, 6) is 1.40. The third kappa shape index (κ3) is 4.62. The van der Waals surface area contributed by atoms with Crippen molar-refractivity contribution < 1.29 is 9.47 Å². The predicted molar refractivity (Wildman–Crippen MR) is 128 cm³/mol. The van der Waals surface area contributed by atoms with E-state index in [1.54, 1.807) is 36.7 Å². The van der Waals surface area contributed by atoms with Crippen LogP contribution in [0.5, 0.6) is 5.75 Å². The first-order valence-electron chi connectivity index (χ1n) is 10.2. The van der Waals surface area contributed by atoms with E-state index in [0.717, 1.165) is 38.3 Å². The van der Waals surface area contributed by atoms with E-state index in [4.69, 9.17) is 32.9 Å². The zero-order valence-corrected chi connectivity index (χ0v) is 18.9. The fourth-order valence-corrected chi connectivity index (χ4v) is 4.03. The summed E-state index contributed by atoms with van der Waals surface area (Å²) in [6.45, 7) is 0.732. The quantitative estimate of drug-likeness (QED) is 0.234. The number of halogens is 2. The maximum absolute atomic E-state index is 11.4. The molecule has 3 aromatic heterocycles. The first-order valence-corrected chi connectivity index (χ1v) is 11.0. The molecular formula is C25H18Cl2N4O2. The molecule has 5 aromatic rings. The zero-order chi connectivity index (χ0) is 22.8. The van der Waals surface area contributed by atoms with Crippen molar-refractivity contribution in [3.63, 3.8) is 0 Å². The van der Waals surface area contributed by atoms with Gasteiger partial charge in [-0.2, -0.15) is 4.73 Å². The van der Waals surface area contributed by atoms with Crippen LogP contribution in [0.15, 0.2) is 85.5 Å². The van der Waals surface area contributed by atoms with Gasteiger partial charge in [0.15, 0.2) is 12.4 Å². The van der Waals surface area contributed by atoms with Gasteiger partial charge < -0.3 is 14.5 Å². The fourth-order valence-electron chi connectivity index (χ4n) is 3.66. The standard InChI is InChI=1S/C25H18Cl2N4O2/c26-20-4-5-22(27)19(12-20)15-31-24-13-18(17-7-10-30(32)11-8-17)3-6-23(24)29-25(31)16-33-21-2-1-9-28-14-21/h1-14H,15-16H2. The van der Waals surface area contributed by atoms with E-state index in [-0.39, 0.29) is 6.61 Å². The topological polar surface area (TPSA) is 66.9 Å². The minimum absolute atomic E-state index is 0.259. The van der Waals surface area contributed by atoms with Crippen molar-refractivity contribution in [3.8, 4) is 16.9 Å². The second-order valence-electron chi connectivity index (χ2n) is 7.48. The first-order chi connectivity index (χ1) is 16.1. The molecule has 0 bridgehead atoms. The average Bonchev–Trinajstić information content (AvgIpc) is 3.18. The summed E-state index contributed by atoms with van der Waals surface area (Å²) in [5, 5.41) is 12.7. The predicted octanol–water partition coefficient (Wildman–Crippen LogP) is 5.67.